The lowest BCUT2D eigenvalue weighted by Gasteiger charge is -2.11. The van der Waals surface area contributed by atoms with Crippen LogP contribution < -0.4 is 5.32 Å². The minimum absolute atomic E-state index is 0.00893. The van der Waals surface area contributed by atoms with Crippen molar-refractivity contribution in [3.63, 3.8) is 0 Å². The molecule has 1 amide bonds. The summed E-state index contributed by atoms with van der Waals surface area (Å²) in [4.78, 5) is 25.7. The molecule has 0 radical (unpaired) electrons. The highest BCUT2D eigenvalue weighted by atomic mass is 35.5. The van der Waals surface area contributed by atoms with E-state index in [1.54, 1.807) is 36.4 Å². The van der Waals surface area contributed by atoms with Crippen LogP contribution in [0.5, 0.6) is 0 Å². The van der Waals surface area contributed by atoms with Crippen molar-refractivity contribution in [3.8, 4) is 0 Å². The number of halogens is 4. The third-order valence-corrected chi connectivity index (χ3v) is 6.10. The second-order valence-corrected chi connectivity index (χ2v) is 8.77. The van der Waals surface area contributed by atoms with Gasteiger partial charge < -0.3 is 5.32 Å². The number of aromatic nitrogens is 2. The summed E-state index contributed by atoms with van der Waals surface area (Å²) in [6, 6.07) is 13.6. The monoisotopic (exact) mass is 489 g/mol. The molecule has 0 aliphatic heterocycles. The van der Waals surface area contributed by atoms with Crippen molar-refractivity contribution in [2.45, 2.75) is 44.8 Å². The van der Waals surface area contributed by atoms with Gasteiger partial charge in [0.1, 0.15) is 0 Å². The number of hydrogen-bond donors (Lipinski definition) is 1. The zero-order valence-electron chi connectivity index (χ0n) is 18.5. The fourth-order valence-corrected chi connectivity index (χ4v) is 4.21. The van der Waals surface area contributed by atoms with E-state index < -0.39 is 17.8 Å². The van der Waals surface area contributed by atoms with Crippen molar-refractivity contribution in [3.05, 3.63) is 87.2 Å². The van der Waals surface area contributed by atoms with E-state index in [9.17, 15) is 22.8 Å². The molecular weight excluding hydrogens is 467 g/mol. The molecule has 1 fully saturated rings. The number of hydrogen-bond acceptors (Lipinski definition) is 3. The van der Waals surface area contributed by atoms with Crippen molar-refractivity contribution in [1.82, 2.24) is 15.1 Å². The molecule has 1 saturated carbocycles. The van der Waals surface area contributed by atoms with Gasteiger partial charge in [0.15, 0.2) is 11.5 Å². The number of benzene rings is 2. The zero-order chi connectivity index (χ0) is 24.5. The topological polar surface area (TPSA) is 64.0 Å². The molecule has 3 aromatic rings. The van der Waals surface area contributed by atoms with Gasteiger partial charge in [-0.05, 0) is 32.3 Å². The molecule has 0 bridgehead atoms. The average Bonchev–Trinajstić information content (AvgIpc) is 3.58. The Balaban J connectivity index is 1.41. The highest BCUT2D eigenvalue weighted by Gasteiger charge is 2.41. The molecule has 1 aliphatic rings. The molecule has 0 atom stereocenters. The first kappa shape index (κ1) is 24.0. The van der Waals surface area contributed by atoms with Gasteiger partial charge in [-0.15, -0.1) is 0 Å². The Morgan fingerprint density at radius 1 is 1.09 bits per heavy atom. The third kappa shape index (κ3) is 5.17. The number of rotatable bonds is 8. The molecule has 178 valence electrons. The van der Waals surface area contributed by atoms with Crippen LogP contribution in [0.25, 0.3) is 0 Å². The predicted octanol–water partition coefficient (Wildman–Crippen LogP) is 5.79. The summed E-state index contributed by atoms with van der Waals surface area (Å²) < 4.78 is 40.9. The summed E-state index contributed by atoms with van der Waals surface area (Å²) in [5.74, 6) is -0.691. The van der Waals surface area contributed by atoms with Crippen LogP contribution in [-0.4, -0.2) is 28.0 Å². The fourth-order valence-electron chi connectivity index (χ4n) is 3.82. The zero-order valence-corrected chi connectivity index (χ0v) is 19.2. The van der Waals surface area contributed by atoms with E-state index in [2.05, 4.69) is 10.4 Å². The van der Waals surface area contributed by atoms with E-state index in [1.165, 1.54) is 4.68 Å². The maximum absolute atomic E-state index is 13.2. The molecule has 1 aromatic heterocycles. The average molecular weight is 490 g/mol. The number of alkyl halides is 3. The minimum atomic E-state index is -4.62. The highest BCUT2D eigenvalue weighted by molar-refractivity contribution is 6.32. The van der Waals surface area contributed by atoms with Gasteiger partial charge in [0, 0.05) is 30.1 Å². The number of carbonyl (C=O) groups is 2. The first-order valence-corrected chi connectivity index (χ1v) is 11.4. The molecule has 1 N–H and O–H groups in total. The molecule has 0 spiro atoms. The van der Waals surface area contributed by atoms with Crippen molar-refractivity contribution < 1.29 is 22.8 Å². The van der Waals surface area contributed by atoms with Crippen LogP contribution in [-0.2, 0) is 12.7 Å². The summed E-state index contributed by atoms with van der Waals surface area (Å²) in [7, 11) is 0. The molecule has 4 rings (SSSR count). The molecule has 0 unspecified atom stereocenters. The largest absolute Gasteiger partial charge is 0.436 e. The highest BCUT2D eigenvalue weighted by Crippen LogP contribution is 2.46. The van der Waals surface area contributed by atoms with Crippen LogP contribution in [0.2, 0.25) is 5.02 Å². The van der Waals surface area contributed by atoms with Crippen LogP contribution in [0.4, 0.5) is 13.2 Å². The van der Waals surface area contributed by atoms with Crippen LogP contribution in [0.3, 0.4) is 0 Å². The lowest BCUT2D eigenvalue weighted by molar-refractivity contribution is -0.141. The van der Waals surface area contributed by atoms with E-state index in [0.29, 0.717) is 17.7 Å². The van der Waals surface area contributed by atoms with Crippen molar-refractivity contribution in [1.29, 1.82) is 0 Å². The second-order valence-electron chi connectivity index (χ2n) is 8.39. The SMILES string of the molecule is Cc1ccc(C(=O)c2ccccc2C(=O)NCCCn2nc(C(F)(F)F)c(Cl)c2C2CC2)cc1. The Morgan fingerprint density at radius 3 is 2.35 bits per heavy atom. The number of ketones is 1. The van der Waals surface area contributed by atoms with E-state index in [4.69, 9.17) is 11.6 Å². The summed E-state index contributed by atoms with van der Waals surface area (Å²) in [5, 5.41) is 6.12. The number of carbonyl (C=O) groups excluding carboxylic acids is 2. The van der Waals surface area contributed by atoms with Crippen molar-refractivity contribution >= 4 is 23.3 Å². The second kappa shape index (κ2) is 9.62. The summed E-state index contributed by atoms with van der Waals surface area (Å²) in [5.41, 5.74) is 1.38. The molecule has 5 nitrogen and oxygen atoms in total. The third-order valence-electron chi connectivity index (χ3n) is 5.73. The summed E-state index contributed by atoms with van der Waals surface area (Å²) in [6.07, 6.45) is -2.70. The van der Waals surface area contributed by atoms with E-state index in [-0.39, 0.29) is 40.9 Å². The molecule has 9 heteroatoms. The number of amides is 1. The number of nitrogens with one attached hydrogen (secondary N) is 1. The summed E-state index contributed by atoms with van der Waals surface area (Å²) in [6.45, 7) is 2.31. The van der Waals surface area contributed by atoms with Gasteiger partial charge >= 0.3 is 6.18 Å². The Morgan fingerprint density at radius 2 is 1.74 bits per heavy atom. The molecule has 1 heterocycles. The van der Waals surface area contributed by atoms with E-state index >= 15 is 0 Å². The standard InChI is InChI=1S/C25H23ClF3N3O2/c1-15-7-9-17(10-8-15)22(33)18-5-2-3-6-19(18)24(34)30-13-4-14-32-21(16-11-12-16)20(26)23(31-32)25(27,28)29/h2-3,5-10,16H,4,11-14H2,1H3,(H,30,34). The molecule has 1 aliphatic carbocycles. The molecule has 0 saturated heterocycles. The predicted molar refractivity (Wildman–Crippen MR) is 122 cm³/mol. The van der Waals surface area contributed by atoms with Crippen molar-refractivity contribution in [2.24, 2.45) is 0 Å². The van der Waals surface area contributed by atoms with Crippen LogP contribution >= 0.6 is 11.6 Å². The van der Waals surface area contributed by atoms with Gasteiger partial charge in [0.05, 0.1) is 16.3 Å². The van der Waals surface area contributed by atoms with Gasteiger partial charge in [0.2, 0.25) is 0 Å². The van der Waals surface area contributed by atoms with E-state index in [0.717, 1.165) is 18.4 Å². The lowest BCUT2D eigenvalue weighted by atomic mass is 9.97. The number of aryl methyl sites for hydroxylation is 2. The quantitative estimate of drug-likeness (QED) is 0.321. The summed E-state index contributed by atoms with van der Waals surface area (Å²) >= 11 is 5.99. The van der Waals surface area contributed by atoms with E-state index in [1.807, 2.05) is 19.1 Å². The van der Waals surface area contributed by atoms with Crippen molar-refractivity contribution in [2.75, 3.05) is 6.54 Å². The smallest absolute Gasteiger partial charge is 0.352 e. The lowest BCUT2D eigenvalue weighted by Crippen LogP contribution is -2.27. The maximum atomic E-state index is 13.2. The normalized spacial score (nSPS) is 13.7. The molecule has 2 aromatic carbocycles. The van der Waals surface area contributed by atoms with Crippen LogP contribution in [0, 0.1) is 6.92 Å². The van der Waals surface area contributed by atoms with Gasteiger partial charge in [0.25, 0.3) is 5.91 Å². The minimum Gasteiger partial charge on any atom is -0.352 e. The Labute approximate surface area is 199 Å². The number of nitrogens with zero attached hydrogens (tertiary/aromatic N) is 2. The van der Waals surface area contributed by atoms with Gasteiger partial charge in [-0.1, -0.05) is 59.6 Å². The first-order chi connectivity index (χ1) is 16.2. The van der Waals surface area contributed by atoms with Crippen LogP contribution in [0.1, 0.15) is 68.4 Å². The van der Waals surface area contributed by atoms with Gasteiger partial charge in [-0.25, -0.2) is 0 Å². The molecule has 34 heavy (non-hydrogen) atoms. The Hall–Kier alpha value is -3.13. The van der Waals surface area contributed by atoms with Gasteiger partial charge in [-0.2, -0.15) is 18.3 Å². The van der Waals surface area contributed by atoms with Gasteiger partial charge in [-0.3, -0.25) is 14.3 Å². The maximum Gasteiger partial charge on any atom is 0.436 e. The Bertz CT molecular complexity index is 1220. The van der Waals surface area contributed by atoms with Crippen LogP contribution in [0.15, 0.2) is 48.5 Å². The molecular formula is C25H23ClF3N3O2. The Kier molecular flexibility index (Phi) is 6.79. The fraction of sp³-hybridized carbons (Fsp3) is 0.320. The first-order valence-electron chi connectivity index (χ1n) is 11.0.